The Hall–Kier alpha value is -1.09. The normalized spacial score (nSPS) is 13.8. The lowest BCUT2D eigenvalue weighted by atomic mass is 9.86. The second-order valence-electron chi connectivity index (χ2n) is 6.64. The maximum Gasteiger partial charge on any atom is 0.160 e. The van der Waals surface area contributed by atoms with Gasteiger partial charge in [-0.05, 0) is 30.9 Å². The van der Waals surface area contributed by atoms with Crippen molar-refractivity contribution in [2.45, 2.75) is 65.3 Å². The molecule has 2 aromatic rings. The lowest BCUT2D eigenvalue weighted by molar-refractivity contribution is 0.271. The Balaban J connectivity index is 2.29. The Kier molecular flexibility index (Phi) is 5.26. The van der Waals surface area contributed by atoms with Crippen LogP contribution in [0.4, 0.5) is 0 Å². The molecule has 0 spiro atoms. The Labute approximate surface area is 132 Å². The molecule has 0 saturated heterocycles. The fourth-order valence-corrected chi connectivity index (χ4v) is 2.96. The first-order valence-corrected chi connectivity index (χ1v) is 8.33. The molecule has 21 heavy (non-hydrogen) atoms. The van der Waals surface area contributed by atoms with Gasteiger partial charge in [-0.3, -0.25) is 0 Å². The van der Waals surface area contributed by atoms with Crippen molar-refractivity contribution in [2.75, 3.05) is 0 Å². The Morgan fingerprint density at radius 3 is 2.76 bits per heavy atom. The average molecular weight is 308 g/mol. The average Bonchev–Trinajstić information content (AvgIpc) is 2.78. The molecule has 0 N–H and O–H groups in total. The van der Waals surface area contributed by atoms with E-state index < -0.39 is 0 Å². The molecule has 1 atom stereocenters. The summed E-state index contributed by atoms with van der Waals surface area (Å²) < 4.78 is 2.21. The minimum Gasteiger partial charge on any atom is -0.311 e. The maximum atomic E-state index is 6.32. The molecule has 0 radical (unpaired) electrons. The number of pyridine rings is 1. The highest BCUT2D eigenvalue weighted by Gasteiger charge is 2.23. The zero-order valence-corrected chi connectivity index (χ0v) is 14.3. The number of halogens is 1. The highest BCUT2D eigenvalue weighted by molar-refractivity contribution is 6.20. The molecule has 2 heterocycles. The van der Waals surface area contributed by atoms with E-state index in [1.807, 2.05) is 25.3 Å². The van der Waals surface area contributed by atoms with Gasteiger partial charge in [0.25, 0.3) is 0 Å². The summed E-state index contributed by atoms with van der Waals surface area (Å²) in [5, 5.41) is -0.106. The summed E-state index contributed by atoms with van der Waals surface area (Å²) in [4.78, 5) is 9.17. The number of fused-ring (bicyclic) bond motifs is 1. The third-order valence-corrected chi connectivity index (χ3v) is 4.13. The first kappa shape index (κ1) is 16.3. The summed E-state index contributed by atoms with van der Waals surface area (Å²) in [5.41, 5.74) is 2.11. The van der Waals surface area contributed by atoms with Gasteiger partial charge in [-0.1, -0.05) is 40.0 Å². The molecule has 0 aromatic carbocycles. The van der Waals surface area contributed by atoms with Crippen LogP contribution in [0.1, 0.15) is 64.6 Å². The van der Waals surface area contributed by atoms with Gasteiger partial charge in [0.15, 0.2) is 5.65 Å². The number of nitrogens with zero attached hydrogens (tertiary/aromatic N) is 3. The lowest BCUT2D eigenvalue weighted by Gasteiger charge is -2.26. The molecular formula is C17H26ClN3. The van der Waals surface area contributed by atoms with Crippen LogP contribution in [0, 0.1) is 5.41 Å². The van der Waals surface area contributed by atoms with E-state index in [0.29, 0.717) is 0 Å². The molecule has 0 bridgehead atoms. The minimum absolute atomic E-state index is 0.106. The van der Waals surface area contributed by atoms with E-state index in [1.165, 1.54) is 25.7 Å². The predicted octanol–water partition coefficient (Wildman–Crippen LogP) is 5.34. The van der Waals surface area contributed by atoms with E-state index in [9.17, 15) is 0 Å². The molecule has 0 fully saturated rings. The van der Waals surface area contributed by atoms with Gasteiger partial charge in [-0.15, -0.1) is 11.6 Å². The van der Waals surface area contributed by atoms with Crippen LogP contribution in [0.15, 0.2) is 18.3 Å². The van der Waals surface area contributed by atoms with Crippen molar-refractivity contribution in [3.05, 3.63) is 24.2 Å². The molecule has 1 unspecified atom stereocenters. The highest BCUT2D eigenvalue weighted by atomic mass is 35.5. The van der Waals surface area contributed by atoms with Crippen LogP contribution in [-0.2, 0) is 6.54 Å². The molecule has 3 nitrogen and oxygen atoms in total. The third kappa shape index (κ3) is 3.97. The van der Waals surface area contributed by atoms with Gasteiger partial charge < -0.3 is 4.57 Å². The largest absolute Gasteiger partial charge is 0.311 e. The van der Waals surface area contributed by atoms with Crippen LogP contribution in [0.25, 0.3) is 11.2 Å². The van der Waals surface area contributed by atoms with Gasteiger partial charge in [0.2, 0.25) is 0 Å². The second kappa shape index (κ2) is 6.78. The molecular weight excluding hydrogens is 282 g/mol. The van der Waals surface area contributed by atoms with E-state index in [4.69, 9.17) is 11.6 Å². The summed E-state index contributed by atoms with van der Waals surface area (Å²) >= 11 is 6.32. The van der Waals surface area contributed by atoms with Crippen molar-refractivity contribution >= 4 is 22.8 Å². The molecule has 116 valence electrons. The number of imidazole rings is 1. The SMILES string of the molecule is CCCCCC(C)(C)Cn1c(C(C)Cl)nc2cccnc21. The first-order chi connectivity index (χ1) is 9.94. The third-order valence-electron chi connectivity index (χ3n) is 3.93. The van der Waals surface area contributed by atoms with Crippen molar-refractivity contribution in [3.63, 3.8) is 0 Å². The molecule has 0 aliphatic heterocycles. The molecule has 0 aliphatic rings. The van der Waals surface area contributed by atoms with Crippen molar-refractivity contribution < 1.29 is 0 Å². The highest BCUT2D eigenvalue weighted by Crippen LogP contribution is 2.31. The summed E-state index contributed by atoms with van der Waals surface area (Å²) in [5.74, 6) is 0.925. The van der Waals surface area contributed by atoms with Crippen molar-refractivity contribution in [1.82, 2.24) is 14.5 Å². The quantitative estimate of drug-likeness (QED) is 0.511. The number of hydrogen-bond donors (Lipinski definition) is 0. The lowest BCUT2D eigenvalue weighted by Crippen LogP contribution is -2.21. The Morgan fingerprint density at radius 1 is 1.33 bits per heavy atom. The number of alkyl halides is 1. The van der Waals surface area contributed by atoms with Crippen molar-refractivity contribution in [3.8, 4) is 0 Å². The maximum absolute atomic E-state index is 6.32. The van der Waals surface area contributed by atoms with Crippen molar-refractivity contribution in [1.29, 1.82) is 0 Å². The molecule has 0 amide bonds. The molecule has 4 heteroatoms. The van der Waals surface area contributed by atoms with E-state index in [-0.39, 0.29) is 10.8 Å². The minimum atomic E-state index is -0.106. The zero-order valence-electron chi connectivity index (χ0n) is 13.6. The van der Waals surface area contributed by atoms with E-state index >= 15 is 0 Å². The van der Waals surface area contributed by atoms with Gasteiger partial charge in [-0.25, -0.2) is 9.97 Å². The topological polar surface area (TPSA) is 30.7 Å². The van der Waals surface area contributed by atoms with Gasteiger partial charge in [-0.2, -0.15) is 0 Å². The number of unbranched alkanes of at least 4 members (excludes halogenated alkanes) is 2. The van der Waals surface area contributed by atoms with Crippen LogP contribution in [0.5, 0.6) is 0 Å². The molecule has 0 saturated carbocycles. The van der Waals surface area contributed by atoms with Gasteiger partial charge in [0.1, 0.15) is 11.3 Å². The van der Waals surface area contributed by atoms with E-state index in [2.05, 4.69) is 35.3 Å². The Morgan fingerprint density at radius 2 is 2.10 bits per heavy atom. The second-order valence-corrected chi connectivity index (χ2v) is 7.29. The molecule has 0 aliphatic carbocycles. The number of hydrogen-bond acceptors (Lipinski definition) is 2. The summed E-state index contributed by atoms with van der Waals surface area (Å²) in [6.45, 7) is 9.77. The van der Waals surface area contributed by atoms with E-state index in [0.717, 1.165) is 23.5 Å². The Bertz CT molecular complexity index is 587. The van der Waals surface area contributed by atoms with Crippen molar-refractivity contribution in [2.24, 2.45) is 5.41 Å². The van der Waals surface area contributed by atoms with Crippen LogP contribution in [-0.4, -0.2) is 14.5 Å². The summed E-state index contributed by atoms with van der Waals surface area (Å²) in [6, 6.07) is 3.93. The fourth-order valence-electron chi connectivity index (χ4n) is 2.80. The van der Waals surface area contributed by atoms with Gasteiger partial charge in [0, 0.05) is 12.7 Å². The monoisotopic (exact) mass is 307 g/mol. The molecule has 2 aromatic heterocycles. The predicted molar refractivity (Wildman–Crippen MR) is 89.7 cm³/mol. The van der Waals surface area contributed by atoms with Crippen LogP contribution >= 0.6 is 11.6 Å². The van der Waals surface area contributed by atoms with E-state index in [1.54, 1.807) is 0 Å². The first-order valence-electron chi connectivity index (χ1n) is 7.90. The van der Waals surface area contributed by atoms with Gasteiger partial charge in [0.05, 0.1) is 5.38 Å². The fraction of sp³-hybridized carbons (Fsp3) is 0.647. The number of aromatic nitrogens is 3. The van der Waals surface area contributed by atoms with Gasteiger partial charge >= 0.3 is 0 Å². The molecule has 2 rings (SSSR count). The smallest absolute Gasteiger partial charge is 0.160 e. The standard InChI is InChI=1S/C17H26ClN3/c1-5-6-7-10-17(3,4)12-21-15(13(2)18)20-14-9-8-11-19-16(14)21/h8-9,11,13H,5-7,10,12H2,1-4H3. The van der Waals surface area contributed by atoms with Crippen LogP contribution < -0.4 is 0 Å². The number of rotatable bonds is 7. The zero-order chi connectivity index (χ0) is 15.5. The van der Waals surface area contributed by atoms with Crippen LogP contribution in [0.3, 0.4) is 0 Å². The van der Waals surface area contributed by atoms with Crippen LogP contribution in [0.2, 0.25) is 0 Å². The summed E-state index contributed by atoms with van der Waals surface area (Å²) in [6.07, 6.45) is 6.87. The summed E-state index contributed by atoms with van der Waals surface area (Å²) in [7, 11) is 0.